The van der Waals surface area contributed by atoms with Gasteiger partial charge in [-0.2, -0.15) is 5.26 Å². The maximum Gasteiger partial charge on any atom is 0.254 e. The summed E-state index contributed by atoms with van der Waals surface area (Å²) in [6.45, 7) is 0.986. The summed E-state index contributed by atoms with van der Waals surface area (Å²) in [7, 11) is 0. The molecule has 116 valence electrons. The van der Waals surface area contributed by atoms with Crippen LogP contribution in [0.3, 0.4) is 0 Å². The number of carbonyl (C=O) groups excluding carboxylic acids is 1. The van der Waals surface area contributed by atoms with E-state index in [-0.39, 0.29) is 5.91 Å². The monoisotopic (exact) mass is 307 g/mol. The third-order valence-electron chi connectivity index (χ3n) is 3.86. The highest BCUT2D eigenvalue weighted by Gasteiger charge is 2.25. The van der Waals surface area contributed by atoms with Gasteiger partial charge in [0.15, 0.2) is 0 Å². The highest BCUT2D eigenvalue weighted by atomic mass is 16.3. The second-order valence-electron chi connectivity index (χ2n) is 5.59. The molecule has 1 atom stereocenters. The number of nitriles is 1. The van der Waals surface area contributed by atoms with Crippen molar-refractivity contribution in [1.29, 1.82) is 5.26 Å². The smallest absolute Gasteiger partial charge is 0.254 e. The lowest BCUT2D eigenvalue weighted by molar-refractivity contribution is 0.0765. The van der Waals surface area contributed by atoms with Gasteiger partial charge in [-0.15, -0.1) is 0 Å². The van der Waals surface area contributed by atoms with Crippen LogP contribution in [0, 0.1) is 11.3 Å². The number of anilines is 2. The number of rotatable bonds is 3. The Morgan fingerprint density at radius 3 is 2.65 bits per heavy atom. The lowest BCUT2D eigenvalue weighted by Gasteiger charge is -2.16. The van der Waals surface area contributed by atoms with E-state index in [2.05, 4.69) is 11.4 Å². The Kier molecular flexibility index (Phi) is 4.26. The van der Waals surface area contributed by atoms with Crippen molar-refractivity contribution >= 4 is 17.3 Å². The van der Waals surface area contributed by atoms with Gasteiger partial charge >= 0.3 is 0 Å². The molecule has 0 aliphatic carbocycles. The normalized spacial score (nSPS) is 16.9. The largest absolute Gasteiger partial charge is 0.391 e. The van der Waals surface area contributed by atoms with Gasteiger partial charge in [-0.05, 0) is 48.9 Å². The average Bonchev–Trinajstić information content (AvgIpc) is 3.01. The van der Waals surface area contributed by atoms with E-state index in [1.54, 1.807) is 29.2 Å². The van der Waals surface area contributed by atoms with Crippen LogP contribution in [-0.4, -0.2) is 35.1 Å². The molecule has 1 saturated heterocycles. The van der Waals surface area contributed by atoms with Gasteiger partial charge in [0.1, 0.15) is 0 Å². The zero-order valence-corrected chi connectivity index (χ0v) is 12.6. The van der Waals surface area contributed by atoms with Crippen LogP contribution in [0.2, 0.25) is 0 Å². The molecule has 23 heavy (non-hydrogen) atoms. The van der Waals surface area contributed by atoms with Gasteiger partial charge < -0.3 is 15.3 Å². The Hall–Kier alpha value is -2.84. The first-order chi connectivity index (χ1) is 11.2. The van der Waals surface area contributed by atoms with E-state index in [9.17, 15) is 9.90 Å². The fraction of sp³-hybridized carbons (Fsp3) is 0.222. The van der Waals surface area contributed by atoms with Gasteiger partial charge in [0.25, 0.3) is 5.91 Å². The lowest BCUT2D eigenvalue weighted by atomic mass is 10.1. The van der Waals surface area contributed by atoms with Gasteiger partial charge in [-0.25, -0.2) is 0 Å². The summed E-state index contributed by atoms with van der Waals surface area (Å²) in [5.41, 5.74) is 2.86. The van der Waals surface area contributed by atoms with E-state index >= 15 is 0 Å². The fourth-order valence-electron chi connectivity index (χ4n) is 2.63. The third kappa shape index (κ3) is 3.50. The van der Waals surface area contributed by atoms with Crippen LogP contribution in [0.15, 0.2) is 48.5 Å². The number of carbonyl (C=O) groups is 1. The molecule has 1 aliphatic heterocycles. The van der Waals surface area contributed by atoms with Crippen LogP contribution in [0.4, 0.5) is 11.4 Å². The Labute approximate surface area is 134 Å². The minimum Gasteiger partial charge on any atom is -0.391 e. The predicted molar refractivity (Wildman–Crippen MR) is 87.4 cm³/mol. The van der Waals surface area contributed by atoms with E-state index in [4.69, 9.17) is 5.26 Å². The van der Waals surface area contributed by atoms with E-state index in [0.717, 1.165) is 11.4 Å². The molecule has 2 aromatic carbocycles. The molecule has 1 aliphatic rings. The maximum absolute atomic E-state index is 12.4. The summed E-state index contributed by atoms with van der Waals surface area (Å²) < 4.78 is 0. The SMILES string of the molecule is N#Cc1ccc(Nc2cccc(C(=O)N3CC[C@@H](O)C3)c2)cc1. The highest BCUT2D eigenvalue weighted by Crippen LogP contribution is 2.20. The van der Waals surface area contributed by atoms with Gasteiger partial charge in [0.2, 0.25) is 0 Å². The van der Waals surface area contributed by atoms with Crippen molar-refractivity contribution < 1.29 is 9.90 Å². The molecule has 5 heteroatoms. The van der Waals surface area contributed by atoms with Crippen LogP contribution >= 0.6 is 0 Å². The van der Waals surface area contributed by atoms with Crippen LogP contribution < -0.4 is 5.32 Å². The number of benzene rings is 2. The standard InChI is InChI=1S/C18H17N3O2/c19-11-13-4-6-15(7-5-13)20-16-3-1-2-14(10-16)18(23)21-9-8-17(22)12-21/h1-7,10,17,20,22H,8-9,12H2/t17-/m1/s1. The van der Waals surface area contributed by atoms with Crippen LogP contribution in [-0.2, 0) is 0 Å². The first-order valence-corrected chi connectivity index (χ1v) is 7.50. The van der Waals surface area contributed by atoms with Gasteiger partial charge in [0.05, 0.1) is 17.7 Å². The van der Waals surface area contributed by atoms with Crippen LogP contribution in [0.25, 0.3) is 0 Å². The number of likely N-dealkylation sites (tertiary alicyclic amines) is 1. The van der Waals surface area contributed by atoms with Crippen molar-refractivity contribution in [3.8, 4) is 6.07 Å². The molecule has 0 unspecified atom stereocenters. The maximum atomic E-state index is 12.4. The van der Waals surface area contributed by atoms with Crippen molar-refractivity contribution in [3.63, 3.8) is 0 Å². The van der Waals surface area contributed by atoms with Crippen molar-refractivity contribution in [2.24, 2.45) is 0 Å². The minimum atomic E-state index is -0.418. The number of nitrogens with one attached hydrogen (secondary N) is 1. The Bertz CT molecular complexity index is 750. The second kappa shape index (κ2) is 6.51. The molecule has 1 fully saturated rings. The molecule has 0 spiro atoms. The van der Waals surface area contributed by atoms with Gasteiger partial charge in [-0.1, -0.05) is 6.07 Å². The molecule has 1 amide bonds. The van der Waals surface area contributed by atoms with E-state index in [1.165, 1.54) is 0 Å². The first kappa shape index (κ1) is 15.1. The average molecular weight is 307 g/mol. The number of nitrogens with zero attached hydrogens (tertiary/aromatic N) is 2. The summed E-state index contributed by atoms with van der Waals surface area (Å²) in [5, 5.41) is 21.6. The van der Waals surface area contributed by atoms with Gasteiger partial charge in [-0.3, -0.25) is 4.79 Å². The molecular formula is C18H17N3O2. The van der Waals surface area contributed by atoms with E-state index in [1.807, 2.05) is 24.3 Å². The summed E-state index contributed by atoms with van der Waals surface area (Å²) >= 11 is 0. The van der Waals surface area contributed by atoms with Crippen molar-refractivity contribution in [2.45, 2.75) is 12.5 Å². The Morgan fingerprint density at radius 1 is 1.22 bits per heavy atom. The third-order valence-corrected chi connectivity index (χ3v) is 3.86. The van der Waals surface area contributed by atoms with Gasteiger partial charge in [0, 0.05) is 30.0 Å². The number of aliphatic hydroxyl groups is 1. The minimum absolute atomic E-state index is 0.0648. The summed E-state index contributed by atoms with van der Waals surface area (Å²) in [4.78, 5) is 14.1. The van der Waals surface area contributed by atoms with Crippen molar-refractivity contribution in [3.05, 3.63) is 59.7 Å². The fourth-order valence-corrected chi connectivity index (χ4v) is 2.63. The molecule has 0 bridgehead atoms. The predicted octanol–water partition coefficient (Wildman–Crippen LogP) is 2.51. The summed E-state index contributed by atoms with van der Waals surface area (Å²) in [6.07, 6.45) is 0.216. The summed E-state index contributed by atoms with van der Waals surface area (Å²) in [5.74, 6) is -0.0648. The van der Waals surface area contributed by atoms with Crippen molar-refractivity contribution in [2.75, 3.05) is 18.4 Å². The van der Waals surface area contributed by atoms with Crippen molar-refractivity contribution in [1.82, 2.24) is 4.90 Å². The molecule has 0 radical (unpaired) electrons. The zero-order chi connectivity index (χ0) is 16.2. The lowest BCUT2D eigenvalue weighted by Crippen LogP contribution is -2.29. The Morgan fingerprint density at radius 2 is 2.00 bits per heavy atom. The van der Waals surface area contributed by atoms with Crippen LogP contribution in [0.5, 0.6) is 0 Å². The molecule has 2 N–H and O–H groups in total. The Balaban J connectivity index is 1.74. The number of hydrogen-bond acceptors (Lipinski definition) is 4. The zero-order valence-electron chi connectivity index (χ0n) is 12.6. The molecule has 5 nitrogen and oxygen atoms in total. The molecule has 2 aromatic rings. The molecule has 0 aromatic heterocycles. The number of hydrogen-bond donors (Lipinski definition) is 2. The number of aliphatic hydroxyl groups excluding tert-OH is 1. The second-order valence-corrected chi connectivity index (χ2v) is 5.59. The molecule has 0 saturated carbocycles. The topological polar surface area (TPSA) is 76.4 Å². The number of β-amino-alcohol motifs (C(OH)–C–C–N with tert-alkyl or cyclic N) is 1. The highest BCUT2D eigenvalue weighted by molar-refractivity contribution is 5.95. The molecule has 1 heterocycles. The first-order valence-electron chi connectivity index (χ1n) is 7.50. The van der Waals surface area contributed by atoms with E-state index in [0.29, 0.717) is 30.6 Å². The van der Waals surface area contributed by atoms with Crippen LogP contribution in [0.1, 0.15) is 22.3 Å². The molecular weight excluding hydrogens is 290 g/mol. The molecule has 3 rings (SSSR count). The quantitative estimate of drug-likeness (QED) is 0.913. The number of amides is 1. The van der Waals surface area contributed by atoms with E-state index < -0.39 is 6.10 Å². The summed E-state index contributed by atoms with van der Waals surface area (Å²) in [6, 6.07) is 16.5.